The van der Waals surface area contributed by atoms with Crippen molar-refractivity contribution in [2.75, 3.05) is 31.1 Å². The van der Waals surface area contributed by atoms with E-state index in [0.717, 1.165) is 12.0 Å². The van der Waals surface area contributed by atoms with Crippen molar-refractivity contribution in [1.82, 2.24) is 13.9 Å². The molecule has 1 aromatic heterocycles. The van der Waals surface area contributed by atoms with Crippen LogP contribution in [0.4, 0.5) is 11.6 Å². The third-order valence-electron chi connectivity index (χ3n) is 5.30. The fraction of sp³-hybridized carbons (Fsp3) is 0.500. The number of piperazine rings is 1. The van der Waals surface area contributed by atoms with E-state index in [1.807, 2.05) is 17.0 Å². The van der Waals surface area contributed by atoms with E-state index >= 15 is 0 Å². The number of aromatic nitrogens is 2. The van der Waals surface area contributed by atoms with Gasteiger partial charge in [0.05, 0.1) is 4.90 Å². The Morgan fingerprint density at radius 3 is 2.32 bits per heavy atom. The van der Waals surface area contributed by atoms with Gasteiger partial charge in [0.1, 0.15) is 0 Å². The summed E-state index contributed by atoms with van der Waals surface area (Å²) in [5, 5.41) is 11.2. The molecule has 1 aliphatic rings. The number of anilines is 1. The van der Waals surface area contributed by atoms with Gasteiger partial charge in [-0.05, 0) is 39.9 Å². The largest absolute Gasteiger partial charge is 0.406 e. The highest BCUT2D eigenvalue weighted by Gasteiger charge is 2.32. The first-order chi connectivity index (χ1) is 13.3. The molecule has 2 aromatic rings. The summed E-state index contributed by atoms with van der Waals surface area (Å²) < 4.78 is 28.9. The molecule has 1 saturated heterocycles. The Balaban J connectivity index is 1.74. The van der Waals surface area contributed by atoms with Gasteiger partial charge in [0, 0.05) is 33.2 Å². The van der Waals surface area contributed by atoms with Gasteiger partial charge in [0.2, 0.25) is 22.2 Å². The fourth-order valence-corrected chi connectivity index (χ4v) is 4.82. The number of benzene rings is 1. The number of aryl methyl sites for hydroxylation is 1. The van der Waals surface area contributed by atoms with Crippen molar-refractivity contribution >= 4 is 21.7 Å². The van der Waals surface area contributed by atoms with Crippen LogP contribution in [0.5, 0.6) is 0 Å². The maximum absolute atomic E-state index is 13.0. The molecule has 10 heteroatoms. The zero-order valence-electron chi connectivity index (χ0n) is 16.3. The fourth-order valence-electron chi connectivity index (χ4n) is 3.40. The molecule has 3 rings (SSSR count). The molecular weight excluding hydrogens is 382 g/mol. The number of nitro groups is 1. The molecule has 9 nitrogen and oxygen atoms in total. The summed E-state index contributed by atoms with van der Waals surface area (Å²) >= 11 is 0. The molecule has 0 radical (unpaired) electrons. The van der Waals surface area contributed by atoms with Crippen LogP contribution in [-0.2, 0) is 17.1 Å². The van der Waals surface area contributed by atoms with E-state index in [1.165, 1.54) is 10.6 Å². The lowest BCUT2D eigenvalue weighted by Crippen LogP contribution is -2.49. The maximum Gasteiger partial charge on any atom is 0.406 e. The van der Waals surface area contributed by atoms with E-state index in [1.54, 1.807) is 23.7 Å². The molecule has 1 aromatic carbocycles. The van der Waals surface area contributed by atoms with Gasteiger partial charge in [-0.3, -0.25) is 4.57 Å². The summed E-state index contributed by atoms with van der Waals surface area (Å²) in [5.41, 5.74) is 1.12. The lowest BCUT2D eigenvalue weighted by Gasteiger charge is -2.34. The first-order valence-electron chi connectivity index (χ1n) is 9.26. The van der Waals surface area contributed by atoms with E-state index in [2.05, 4.69) is 18.8 Å². The molecule has 1 aliphatic heterocycles. The number of rotatable bonds is 6. The monoisotopic (exact) mass is 407 g/mol. The third kappa shape index (κ3) is 3.74. The van der Waals surface area contributed by atoms with Gasteiger partial charge in [-0.1, -0.05) is 26.0 Å². The Kier molecular flexibility index (Phi) is 5.71. The van der Waals surface area contributed by atoms with Crippen LogP contribution in [0.1, 0.15) is 31.7 Å². The SMILES string of the molecule is CCC(C)c1ccc(S(=O)(=O)N2CCN(c3c([N+](=O)[O-])ncn3C)CC2)cc1. The number of nitrogens with zero attached hydrogens (tertiary/aromatic N) is 5. The van der Waals surface area contributed by atoms with Gasteiger partial charge in [-0.2, -0.15) is 4.31 Å². The molecule has 28 heavy (non-hydrogen) atoms. The van der Waals surface area contributed by atoms with Crippen LogP contribution in [0.25, 0.3) is 0 Å². The van der Waals surface area contributed by atoms with Crippen LogP contribution >= 0.6 is 0 Å². The van der Waals surface area contributed by atoms with Crippen molar-refractivity contribution in [2.24, 2.45) is 7.05 Å². The van der Waals surface area contributed by atoms with Gasteiger partial charge < -0.3 is 15.0 Å². The Hall–Kier alpha value is -2.46. The first-order valence-corrected chi connectivity index (χ1v) is 10.7. The molecule has 0 spiro atoms. The lowest BCUT2D eigenvalue weighted by molar-refractivity contribution is -0.388. The topological polar surface area (TPSA) is 102 Å². The zero-order valence-corrected chi connectivity index (χ0v) is 17.1. The summed E-state index contributed by atoms with van der Waals surface area (Å²) in [6, 6.07) is 7.07. The highest BCUT2D eigenvalue weighted by molar-refractivity contribution is 7.89. The van der Waals surface area contributed by atoms with Gasteiger partial charge >= 0.3 is 5.82 Å². The maximum atomic E-state index is 13.0. The van der Waals surface area contributed by atoms with Crippen LogP contribution in [0.3, 0.4) is 0 Å². The molecule has 152 valence electrons. The van der Waals surface area contributed by atoms with E-state index in [0.29, 0.717) is 24.8 Å². The van der Waals surface area contributed by atoms with Crippen molar-refractivity contribution in [3.05, 3.63) is 46.3 Å². The molecule has 0 bridgehead atoms. The second-order valence-corrected chi connectivity index (χ2v) is 8.97. The predicted octanol–water partition coefficient (Wildman–Crippen LogP) is 2.35. The molecular formula is C18H25N5O4S. The average molecular weight is 407 g/mol. The van der Waals surface area contributed by atoms with Crippen LogP contribution in [0.15, 0.2) is 35.5 Å². The molecule has 1 fully saturated rings. The molecule has 2 heterocycles. The van der Waals surface area contributed by atoms with Crippen molar-refractivity contribution in [1.29, 1.82) is 0 Å². The Morgan fingerprint density at radius 1 is 1.18 bits per heavy atom. The Bertz CT molecular complexity index is 947. The minimum Gasteiger partial charge on any atom is -0.358 e. The number of imidazole rings is 1. The minimum atomic E-state index is -3.59. The predicted molar refractivity (Wildman–Crippen MR) is 106 cm³/mol. The minimum absolute atomic E-state index is 0.209. The lowest BCUT2D eigenvalue weighted by atomic mass is 9.99. The second-order valence-electron chi connectivity index (χ2n) is 7.03. The number of hydrogen-bond donors (Lipinski definition) is 0. The van der Waals surface area contributed by atoms with Crippen molar-refractivity contribution in [2.45, 2.75) is 31.1 Å². The molecule has 1 atom stereocenters. The van der Waals surface area contributed by atoms with E-state index in [4.69, 9.17) is 0 Å². The first kappa shape index (κ1) is 20.3. The Labute approximate surface area is 164 Å². The van der Waals surface area contributed by atoms with E-state index < -0.39 is 14.9 Å². The second kappa shape index (κ2) is 7.88. The normalized spacial score (nSPS) is 16.9. The number of hydrogen-bond acceptors (Lipinski definition) is 6. The van der Waals surface area contributed by atoms with Gasteiger partial charge in [-0.25, -0.2) is 8.42 Å². The van der Waals surface area contributed by atoms with Gasteiger partial charge in [0.15, 0.2) is 0 Å². The smallest absolute Gasteiger partial charge is 0.358 e. The Morgan fingerprint density at radius 2 is 1.79 bits per heavy atom. The summed E-state index contributed by atoms with van der Waals surface area (Å²) in [6.45, 7) is 5.46. The molecule has 0 amide bonds. The molecule has 1 unspecified atom stereocenters. The van der Waals surface area contributed by atoms with Crippen LogP contribution in [-0.4, -0.2) is 53.4 Å². The molecule has 0 saturated carbocycles. The van der Waals surface area contributed by atoms with Gasteiger partial charge in [-0.15, -0.1) is 0 Å². The van der Waals surface area contributed by atoms with Crippen LogP contribution in [0, 0.1) is 10.1 Å². The van der Waals surface area contributed by atoms with E-state index in [-0.39, 0.29) is 23.8 Å². The highest BCUT2D eigenvalue weighted by Crippen LogP contribution is 2.28. The standard InChI is InChI=1S/C18H25N5O4S/c1-4-14(2)15-5-7-16(8-6-15)28(26,27)22-11-9-21(10-12-22)18-17(23(24)25)19-13-20(18)3/h5-8,13-14H,4,9-12H2,1-3H3. The highest BCUT2D eigenvalue weighted by atomic mass is 32.2. The summed E-state index contributed by atoms with van der Waals surface area (Å²) in [6.07, 6.45) is 2.39. The van der Waals surface area contributed by atoms with Crippen LogP contribution in [0.2, 0.25) is 0 Å². The van der Waals surface area contributed by atoms with Crippen LogP contribution < -0.4 is 4.90 Å². The summed E-state index contributed by atoms with van der Waals surface area (Å²) in [7, 11) is -1.90. The quantitative estimate of drug-likeness (QED) is 0.538. The summed E-state index contributed by atoms with van der Waals surface area (Å²) in [4.78, 5) is 16.6. The third-order valence-corrected chi connectivity index (χ3v) is 7.21. The average Bonchev–Trinajstić information content (AvgIpc) is 3.09. The van der Waals surface area contributed by atoms with E-state index in [9.17, 15) is 18.5 Å². The zero-order chi connectivity index (χ0) is 20.5. The van der Waals surface area contributed by atoms with Crippen molar-refractivity contribution in [3.8, 4) is 0 Å². The molecule has 0 aliphatic carbocycles. The number of sulfonamides is 1. The molecule has 0 N–H and O–H groups in total. The van der Waals surface area contributed by atoms with Crippen molar-refractivity contribution < 1.29 is 13.3 Å². The summed E-state index contributed by atoms with van der Waals surface area (Å²) in [5.74, 6) is 0.578. The van der Waals surface area contributed by atoms with Crippen molar-refractivity contribution in [3.63, 3.8) is 0 Å². The van der Waals surface area contributed by atoms with Gasteiger partial charge in [0.25, 0.3) is 0 Å².